The van der Waals surface area contributed by atoms with Gasteiger partial charge in [0.2, 0.25) is 0 Å². The number of hydrogen-bond acceptors (Lipinski definition) is 5. The quantitative estimate of drug-likeness (QED) is 0.784. The fourth-order valence-corrected chi connectivity index (χ4v) is 4.21. The zero-order valence-electron chi connectivity index (χ0n) is 14.4. The smallest absolute Gasteiger partial charge is 0.268 e. The Kier molecular flexibility index (Phi) is 5.41. The summed E-state index contributed by atoms with van der Waals surface area (Å²) in [5.41, 5.74) is 7.13. The SMILES string of the molecule is CCOc1ccc(-n2c(N)c(C(=O)N3CC[NH+](C)CC3)sc2=S)cc1. The number of nitrogens with two attached hydrogens (primary N) is 1. The normalized spacial score (nSPS) is 15.4. The second kappa shape index (κ2) is 7.55. The van der Waals surface area contributed by atoms with Crippen molar-refractivity contribution in [1.82, 2.24) is 9.47 Å². The zero-order valence-corrected chi connectivity index (χ0v) is 16.1. The van der Waals surface area contributed by atoms with Crippen LogP contribution in [0.4, 0.5) is 5.82 Å². The summed E-state index contributed by atoms with van der Waals surface area (Å²) >= 11 is 6.74. The number of carbonyl (C=O) groups is 1. The third-order valence-corrected chi connectivity index (χ3v) is 5.73. The van der Waals surface area contributed by atoms with Crippen LogP contribution in [0.3, 0.4) is 0 Å². The van der Waals surface area contributed by atoms with Gasteiger partial charge in [-0.1, -0.05) is 11.3 Å². The number of piperazine rings is 1. The van der Waals surface area contributed by atoms with Gasteiger partial charge in [0.15, 0.2) is 3.95 Å². The second-order valence-corrected chi connectivity index (χ2v) is 7.74. The molecule has 1 aliphatic rings. The van der Waals surface area contributed by atoms with Gasteiger partial charge in [0.05, 0.1) is 39.8 Å². The summed E-state index contributed by atoms with van der Waals surface area (Å²) in [4.78, 5) is 16.7. The molecule has 0 bridgehead atoms. The van der Waals surface area contributed by atoms with Crippen LogP contribution in [0.1, 0.15) is 16.6 Å². The molecular formula is C17H23N4O2S2+. The molecular weight excluding hydrogens is 356 g/mol. The summed E-state index contributed by atoms with van der Waals surface area (Å²) in [6.45, 7) is 5.96. The van der Waals surface area contributed by atoms with E-state index in [0.717, 1.165) is 37.6 Å². The predicted octanol–water partition coefficient (Wildman–Crippen LogP) is 1.22. The summed E-state index contributed by atoms with van der Waals surface area (Å²) in [5.74, 6) is 1.18. The number of quaternary nitrogens is 1. The molecule has 3 rings (SSSR count). The van der Waals surface area contributed by atoms with Crippen molar-refractivity contribution in [2.75, 3.05) is 45.6 Å². The molecule has 134 valence electrons. The van der Waals surface area contributed by atoms with Crippen LogP contribution in [0.15, 0.2) is 24.3 Å². The van der Waals surface area contributed by atoms with E-state index in [1.807, 2.05) is 36.1 Å². The molecule has 2 heterocycles. The van der Waals surface area contributed by atoms with Gasteiger partial charge in [0.1, 0.15) is 16.4 Å². The standard InChI is InChI=1S/C17H22N4O2S2/c1-3-23-13-6-4-12(5-7-13)21-15(18)14(25-17(21)24)16(22)20-10-8-19(2)9-11-20/h4-7H,3,8-11,18H2,1-2H3/p+1. The lowest BCUT2D eigenvalue weighted by atomic mass is 10.3. The van der Waals surface area contributed by atoms with Crippen molar-refractivity contribution in [2.24, 2.45) is 0 Å². The number of hydrogen-bond donors (Lipinski definition) is 2. The topological polar surface area (TPSA) is 64.9 Å². The minimum absolute atomic E-state index is 0.0224. The minimum atomic E-state index is -0.0224. The van der Waals surface area contributed by atoms with Crippen molar-refractivity contribution < 1.29 is 14.4 Å². The Morgan fingerprint density at radius 2 is 1.96 bits per heavy atom. The summed E-state index contributed by atoms with van der Waals surface area (Å²) < 4.78 is 7.79. The lowest BCUT2D eigenvalue weighted by Gasteiger charge is -2.29. The van der Waals surface area contributed by atoms with E-state index in [-0.39, 0.29) is 5.91 Å². The molecule has 1 saturated heterocycles. The third-order valence-electron chi connectivity index (χ3n) is 4.35. The van der Waals surface area contributed by atoms with Gasteiger partial charge < -0.3 is 20.3 Å². The maximum atomic E-state index is 12.8. The first kappa shape index (κ1) is 17.9. The van der Waals surface area contributed by atoms with Crippen molar-refractivity contribution in [3.63, 3.8) is 0 Å². The summed E-state index contributed by atoms with van der Waals surface area (Å²) in [5, 5.41) is 0. The second-order valence-electron chi connectivity index (χ2n) is 6.09. The molecule has 1 fully saturated rings. The molecule has 0 radical (unpaired) electrons. The van der Waals surface area contributed by atoms with Gasteiger partial charge in [-0.2, -0.15) is 0 Å². The van der Waals surface area contributed by atoms with Gasteiger partial charge in [-0.15, -0.1) is 0 Å². The van der Waals surface area contributed by atoms with Crippen LogP contribution >= 0.6 is 23.6 Å². The van der Waals surface area contributed by atoms with Crippen molar-refractivity contribution in [3.8, 4) is 11.4 Å². The van der Waals surface area contributed by atoms with Crippen molar-refractivity contribution in [1.29, 1.82) is 0 Å². The number of amides is 1. The number of nitrogens with zero attached hydrogens (tertiary/aromatic N) is 2. The van der Waals surface area contributed by atoms with Gasteiger partial charge in [0.25, 0.3) is 5.91 Å². The number of likely N-dealkylation sites (N-methyl/N-ethyl adjacent to an activating group) is 1. The Bertz CT molecular complexity index is 805. The number of carbonyl (C=O) groups excluding carboxylic acids is 1. The fraction of sp³-hybridized carbons (Fsp3) is 0.412. The maximum Gasteiger partial charge on any atom is 0.268 e. The van der Waals surface area contributed by atoms with E-state index >= 15 is 0 Å². The molecule has 25 heavy (non-hydrogen) atoms. The Morgan fingerprint density at radius 1 is 1.32 bits per heavy atom. The Hall–Kier alpha value is -1.90. The molecule has 0 atom stereocenters. The summed E-state index contributed by atoms with van der Waals surface area (Å²) in [6.07, 6.45) is 0. The van der Waals surface area contributed by atoms with E-state index in [4.69, 9.17) is 22.7 Å². The van der Waals surface area contributed by atoms with Gasteiger partial charge in [-0.05, 0) is 43.4 Å². The van der Waals surface area contributed by atoms with E-state index in [1.165, 1.54) is 16.2 Å². The first-order valence-electron chi connectivity index (χ1n) is 8.36. The number of aromatic nitrogens is 1. The zero-order chi connectivity index (χ0) is 18.0. The molecule has 0 spiro atoms. The number of nitrogens with one attached hydrogen (secondary N) is 1. The van der Waals surface area contributed by atoms with Gasteiger partial charge in [-0.3, -0.25) is 9.36 Å². The van der Waals surface area contributed by atoms with E-state index < -0.39 is 0 Å². The minimum Gasteiger partial charge on any atom is -0.494 e. The highest BCUT2D eigenvalue weighted by Crippen LogP contribution is 2.28. The van der Waals surface area contributed by atoms with E-state index in [1.54, 1.807) is 4.57 Å². The van der Waals surface area contributed by atoms with Gasteiger partial charge in [-0.25, -0.2) is 0 Å². The highest BCUT2D eigenvalue weighted by atomic mass is 32.1. The van der Waals surface area contributed by atoms with Crippen LogP contribution in [0.5, 0.6) is 5.75 Å². The molecule has 0 saturated carbocycles. The Morgan fingerprint density at radius 3 is 2.56 bits per heavy atom. The Labute approximate surface area is 156 Å². The first-order chi connectivity index (χ1) is 12.0. The number of nitrogen functional groups attached to an aromatic ring is 1. The average molecular weight is 380 g/mol. The van der Waals surface area contributed by atoms with Crippen LogP contribution in [-0.2, 0) is 0 Å². The van der Waals surface area contributed by atoms with Crippen LogP contribution in [0, 0.1) is 3.95 Å². The molecule has 8 heteroatoms. The van der Waals surface area contributed by atoms with Crippen molar-refractivity contribution in [2.45, 2.75) is 6.92 Å². The van der Waals surface area contributed by atoms with Gasteiger partial charge in [0, 0.05) is 5.69 Å². The van der Waals surface area contributed by atoms with Crippen LogP contribution in [-0.4, -0.2) is 55.2 Å². The fourth-order valence-electron chi connectivity index (χ4n) is 2.88. The first-order valence-corrected chi connectivity index (χ1v) is 9.59. The number of anilines is 1. The number of thiazole rings is 1. The molecule has 2 aromatic rings. The van der Waals surface area contributed by atoms with Crippen LogP contribution in [0.25, 0.3) is 5.69 Å². The largest absolute Gasteiger partial charge is 0.494 e. The molecule has 0 aliphatic carbocycles. The molecule has 1 aromatic heterocycles. The lowest BCUT2D eigenvalue weighted by Crippen LogP contribution is -3.12. The van der Waals surface area contributed by atoms with E-state index in [9.17, 15) is 4.79 Å². The van der Waals surface area contributed by atoms with Crippen molar-refractivity contribution in [3.05, 3.63) is 33.1 Å². The molecule has 1 amide bonds. The number of rotatable bonds is 4. The average Bonchev–Trinajstić information content (AvgIpc) is 2.91. The van der Waals surface area contributed by atoms with Crippen LogP contribution in [0.2, 0.25) is 0 Å². The summed E-state index contributed by atoms with van der Waals surface area (Å²) in [7, 11) is 2.14. The molecule has 1 aromatic carbocycles. The third kappa shape index (κ3) is 3.70. The monoisotopic (exact) mass is 379 g/mol. The predicted molar refractivity (Wildman–Crippen MR) is 103 cm³/mol. The van der Waals surface area contributed by atoms with Gasteiger partial charge >= 0.3 is 0 Å². The molecule has 1 aliphatic heterocycles. The van der Waals surface area contributed by atoms with Crippen molar-refractivity contribution >= 4 is 35.3 Å². The molecule has 0 unspecified atom stereocenters. The summed E-state index contributed by atoms with van der Waals surface area (Å²) in [6, 6.07) is 7.56. The highest BCUT2D eigenvalue weighted by Gasteiger charge is 2.26. The molecule has 6 nitrogen and oxygen atoms in total. The maximum absolute atomic E-state index is 12.8. The number of benzene rings is 1. The highest BCUT2D eigenvalue weighted by molar-refractivity contribution is 7.73. The van der Waals surface area contributed by atoms with E-state index in [2.05, 4.69) is 7.05 Å². The Balaban J connectivity index is 1.88. The van der Waals surface area contributed by atoms with E-state index in [0.29, 0.717) is 21.3 Å². The number of ether oxygens (including phenoxy) is 1. The molecule has 3 N–H and O–H groups in total. The van der Waals surface area contributed by atoms with Crippen LogP contribution < -0.4 is 15.4 Å². The lowest BCUT2D eigenvalue weighted by molar-refractivity contribution is -0.883.